The van der Waals surface area contributed by atoms with Gasteiger partial charge >= 0.3 is 0 Å². The van der Waals surface area contributed by atoms with E-state index in [9.17, 15) is 0 Å². The maximum absolute atomic E-state index is 5.18. The summed E-state index contributed by atoms with van der Waals surface area (Å²) in [6.45, 7) is 2.99. The van der Waals surface area contributed by atoms with Gasteiger partial charge in [0.05, 0.1) is 16.9 Å². The van der Waals surface area contributed by atoms with Crippen LogP contribution in [0.1, 0.15) is 37.6 Å². The van der Waals surface area contributed by atoms with Crippen molar-refractivity contribution in [1.82, 2.24) is 24.4 Å². The molecule has 5 heterocycles. The number of hydrogen-bond donors (Lipinski definition) is 0. The molecule has 164 valence electrons. The van der Waals surface area contributed by atoms with Crippen molar-refractivity contribution in [2.75, 3.05) is 6.54 Å². The first-order valence-electron chi connectivity index (χ1n) is 11.4. The van der Waals surface area contributed by atoms with Crippen LogP contribution < -0.4 is 0 Å². The summed E-state index contributed by atoms with van der Waals surface area (Å²) in [6.07, 6.45) is 17.0. The molecular formula is C27H26N6. The highest BCUT2D eigenvalue weighted by atomic mass is 15.2. The third-order valence-corrected chi connectivity index (χ3v) is 5.53. The Kier molecular flexibility index (Phi) is 6.06. The minimum absolute atomic E-state index is 0.765. The summed E-state index contributed by atoms with van der Waals surface area (Å²) in [5.74, 6) is 1.62. The third kappa shape index (κ3) is 4.46. The van der Waals surface area contributed by atoms with E-state index < -0.39 is 0 Å². The molecule has 5 rings (SSSR count). The molecule has 0 N–H and O–H groups in total. The quantitative estimate of drug-likeness (QED) is 0.302. The van der Waals surface area contributed by atoms with Gasteiger partial charge in [-0.2, -0.15) is 0 Å². The molecule has 0 spiro atoms. The number of aromatic nitrogens is 4. The van der Waals surface area contributed by atoms with E-state index in [1.807, 2.05) is 59.6 Å². The van der Waals surface area contributed by atoms with Crippen molar-refractivity contribution in [3.05, 3.63) is 103 Å². The molecule has 6 nitrogen and oxygen atoms in total. The first-order valence-corrected chi connectivity index (χ1v) is 11.4. The van der Waals surface area contributed by atoms with E-state index in [2.05, 4.69) is 47.3 Å². The van der Waals surface area contributed by atoms with Crippen LogP contribution in [-0.2, 0) is 0 Å². The van der Waals surface area contributed by atoms with E-state index in [1.165, 1.54) is 0 Å². The predicted octanol–water partition coefficient (Wildman–Crippen LogP) is 5.62. The SMILES string of the molecule is CC/C=C(\N=C(c1nc(-n2cccc2)cc2cccnc12)N1C=CCCC1)c1ccccn1. The summed E-state index contributed by atoms with van der Waals surface area (Å²) < 4.78 is 2.02. The molecule has 0 amide bonds. The first kappa shape index (κ1) is 20.8. The van der Waals surface area contributed by atoms with Gasteiger partial charge in [0, 0.05) is 42.9 Å². The van der Waals surface area contributed by atoms with Crippen LogP contribution in [-0.4, -0.2) is 36.8 Å². The average Bonchev–Trinajstić information content (AvgIpc) is 3.42. The lowest BCUT2D eigenvalue weighted by molar-refractivity contribution is 0.510. The molecule has 0 aromatic carbocycles. The number of pyridine rings is 3. The molecule has 1 aliphatic heterocycles. The monoisotopic (exact) mass is 434 g/mol. The van der Waals surface area contributed by atoms with Crippen molar-refractivity contribution in [2.45, 2.75) is 26.2 Å². The van der Waals surface area contributed by atoms with Crippen molar-refractivity contribution in [1.29, 1.82) is 0 Å². The topological polar surface area (TPSA) is 59.2 Å². The van der Waals surface area contributed by atoms with Crippen LogP contribution in [0.15, 0.2) is 96.7 Å². The van der Waals surface area contributed by atoms with E-state index >= 15 is 0 Å². The molecule has 33 heavy (non-hydrogen) atoms. The van der Waals surface area contributed by atoms with Gasteiger partial charge in [-0.3, -0.25) is 9.97 Å². The summed E-state index contributed by atoms with van der Waals surface area (Å²) in [7, 11) is 0. The van der Waals surface area contributed by atoms with Gasteiger partial charge in [0.25, 0.3) is 0 Å². The lowest BCUT2D eigenvalue weighted by Crippen LogP contribution is -2.31. The number of nitrogens with zero attached hydrogens (tertiary/aromatic N) is 6. The Morgan fingerprint density at radius 1 is 1.06 bits per heavy atom. The summed E-state index contributed by atoms with van der Waals surface area (Å²) in [5.41, 5.74) is 3.28. The first-order chi connectivity index (χ1) is 16.3. The zero-order valence-electron chi connectivity index (χ0n) is 18.7. The lowest BCUT2D eigenvalue weighted by Gasteiger charge is -2.26. The van der Waals surface area contributed by atoms with Crippen molar-refractivity contribution in [3.63, 3.8) is 0 Å². The minimum Gasteiger partial charge on any atom is -0.331 e. The number of rotatable bonds is 5. The summed E-state index contributed by atoms with van der Waals surface area (Å²) in [4.78, 5) is 21.7. The van der Waals surface area contributed by atoms with Crippen molar-refractivity contribution < 1.29 is 0 Å². The second-order valence-corrected chi connectivity index (χ2v) is 7.86. The molecule has 0 aliphatic carbocycles. The molecule has 4 aromatic rings. The Labute approximate surface area is 193 Å². The second kappa shape index (κ2) is 9.61. The maximum Gasteiger partial charge on any atom is 0.161 e. The van der Waals surface area contributed by atoms with Crippen LogP contribution >= 0.6 is 0 Å². The molecule has 1 aliphatic rings. The minimum atomic E-state index is 0.765. The maximum atomic E-state index is 5.18. The Morgan fingerprint density at radius 3 is 2.70 bits per heavy atom. The second-order valence-electron chi connectivity index (χ2n) is 7.86. The fourth-order valence-electron chi connectivity index (χ4n) is 3.96. The molecule has 6 heteroatoms. The van der Waals surface area contributed by atoms with Gasteiger partial charge in [-0.15, -0.1) is 0 Å². The molecule has 0 fully saturated rings. The number of aliphatic imine (C=N–C) groups is 1. The Morgan fingerprint density at radius 2 is 1.94 bits per heavy atom. The highest BCUT2D eigenvalue weighted by Crippen LogP contribution is 2.24. The van der Waals surface area contributed by atoms with Crippen LogP contribution in [0.4, 0.5) is 0 Å². The fourth-order valence-corrected chi connectivity index (χ4v) is 3.96. The highest BCUT2D eigenvalue weighted by Gasteiger charge is 2.21. The molecule has 0 unspecified atom stereocenters. The van der Waals surface area contributed by atoms with Crippen LogP contribution in [0.3, 0.4) is 0 Å². The van der Waals surface area contributed by atoms with Crippen molar-refractivity contribution in [2.24, 2.45) is 4.99 Å². The molecule has 0 bridgehead atoms. The van der Waals surface area contributed by atoms with Gasteiger partial charge in [0.1, 0.15) is 11.5 Å². The average molecular weight is 435 g/mol. The number of allylic oxidation sites excluding steroid dienone is 2. The summed E-state index contributed by atoms with van der Waals surface area (Å²) in [6, 6.07) is 16.0. The standard InChI is InChI=1S/C27H26N6/c1-2-11-23(22-13-4-5-14-28-22)30-27(33-18-6-3-7-19-33)26-25-21(12-10-15-29-25)20-24(31-26)32-16-8-9-17-32/h4-6,8-18,20H,2-3,7,19H2,1H3/b23-11-,30-27?. The van der Waals surface area contributed by atoms with Crippen LogP contribution in [0, 0.1) is 0 Å². The van der Waals surface area contributed by atoms with E-state index in [0.29, 0.717) is 0 Å². The number of hydrogen-bond acceptors (Lipinski definition) is 4. The number of amidine groups is 1. The van der Waals surface area contributed by atoms with Crippen LogP contribution in [0.5, 0.6) is 0 Å². The van der Waals surface area contributed by atoms with Crippen LogP contribution in [0.25, 0.3) is 22.4 Å². The van der Waals surface area contributed by atoms with E-state index in [1.54, 1.807) is 6.20 Å². The van der Waals surface area contributed by atoms with Gasteiger partial charge in [0.2, 0.25) is 0 Å². The van der Waals surface area contributed by atoms with E-state index in [-0.39, 0.29) is 0 Å². The van der Waals surface area contributed by atoms with Gasteiger partial charge in [-0.1, -0.05) is 31.2 Å². The lowest BCUT2D eigenvalue weighted by atomic mass is 10.1. The number of fused-ring (bicyclic) bond motifs is 1. The summed E-state index contributed by atoms with van der Waals surface area (Å²) in [5, 5.41) is 1.03. The fraction of sp³-hybridized carbons (Fsp3) is 0.185. The van der Waals surface area contributed by atoms with Crippen molar-refractivity contribution in [3.8, 4) is 5.82 Å². The molecule has 0 saturated carbocycles. The van der Waals surface area contributed by atoms with Crippen molar-refractivity contribution >= 4 is 22.4 Å². The van der Waals surface area contributed by atoms with Gasteiger partial charge in [-0.05, 0) is 55.7 Å². The van der Waals surface area contributed by atoms with Gasteiger partial charge < -0.3 is 9.47 Å². The smallest absolute Gasteiger partial charge is 0.161 e. The Hall–Kier alpha value is -4.06. The molecule has 0 radical (unpaired) electrons. The predicted molar refractivity (Wildman–Crippen MR) is 133 cm³/mol. The molecule has 0 atom stereocenters. The van der Waals surface area contributed by atoms with E-state index in [0.717, 1.165) is 65.4 Å². The Bertz CT molecular complexity index is 1320. The molecular weight excluding hydrogens is 408 g/mol. The molecule has 4 aromatic heterocycles. The Balaban J connectivity index is 1.75. The third-order valence-electron chi connectivity index (χ3n) is 5.53. The summed E-state index contributed by atoms with van der Waals surface area (Å²) >= 11 is 0. The van der Waals surface area contributed by atoms with E-state index in [4.69, 9.17) is 15.0 Å². The van der Waals surface area contributed by atoms with Crippen LogP contribution in [0.2, 0.25) is 0 Å². The van der Waals surface area contributed by atoms with Gasteiger partial charge in [-0.25, -0.2) is 9.98 Å². The highest BCUT2D eigenvalue weighted by molar-refractivity contribution is 6.09. The molecule has 0 saturated heterocycles. The largest absolute Gasteiger partial charge is 0.331 e. The zero-order valence-corrected chi connectivity index (χ0v) is 18.7. The zero-order chi connectivity index (χ0) is 22.5. The van der Waals surface area contributed by atoms with Gasteiger partial charge in [0.15, 0.2) is 5.84 Å². The normalized spacial score (nSPS) is 14.8.